The molecule has 0 unspecified atom stereocenters. The predicted octanol–water partition coefficient (Wildman–Crippen LogP) is 4.36. The third kappa shape index (κ3) is 4.83. The van der Waals surface area contributed by atoms with Gasteiger partial charge in [0.2, 0.25) is 4.77 Å². The van der Waals surface area contributed by atoms with Crippen molar-refractivity contribution in [3.05, 3.63) is 70.3 Å². The van der Waals surface area contributed by atoms with Gasteiger partial charge >= 0.3 is 0 Å². The summed E-state index contributed by atoms with van der Waals surface area (Å²) in [5.41, 5.74) is 1.98. The molecule has 0 spiro atoms. The maximum atomic E-state index is 5.88. The lowest BCUT2D eigenvalue weighted by atomic mass is 10.2. The maximum absolute atomic E-state index is 5.88. The predicted molar refractivity (Wildman–Crippen MR) is 108 cm³/mol. The van der Waals surface area contributed by atoms with Gasteiger partial charge in [-0.15, -0.1) is 0 Å². The average molecular weight is 382 g/mol. The Labute approximate surface area is 163 Å². The molecule has 0 aliphatic rings. The van der Waals surface area contributed by atoms with Gasteiger partial charge in [-0.1, -0.05) is 37.3 Å². The Hall–Kier alpha value is -2.93. The lowest BCUT2D eigenvalue weighted by Crippen LogP contribution is -2.00. The first-order chi connectivity index (χ1) is 13.2. The Bertz CT molecular complexity index is 964. The van der Waals surface area contributed by atoms with Gasteiger partial charge in [0.25, 0.3) is 0 Å². The zero-order valence-electron chi connectivity index (χ0n) is 15.4. The van der Waals surface area contributed by atoms with E-state index in [4.69, 9.17) is 21.7 Å². The van der Waals surface area contributed by atoms with Crippen molar-refractivity contribution in [2.75, 3.05) is 7.11 Å². The first-order valence-corrected chi connectivity index (χ1v) is 9.17. The highest BCUT2D eigenvalue weighted by molar-refractivity contribution is 7.71. The van der Waals surface area contributed by atoms with Crippen LogP contribution >= 0.6 is 12.2 Å². The van der Waals surface area contributed by atoms with Crippen LogP contribution in [0.1, 0.15) is 30.3 Å². The van der Waals surface area contributed by atoms with Gasteiger partial charge in [0.05, 0.1) is 13.3 Å². The lowest BCUT2D eigenvalue weighted by molar-refractivity contribution is 0.284. The second kappa shape index (κ2) is 9.14. The monoisotopic (exact) mass is 382 g/mol. The van der Waals surface area contributed by atoms with Crippen LogP contribution < -0.4 is 9.47 Å². The van der Waals surface area contributed by atoms with Crippen molar-refractivity contribution in [3.8, 4) is 11.5 Å². The molecule has 0 amide bonds. The minimum absolute atomic E-state index is 0.476. The zero-order valence-corrected chi connectivity index (χ0v) is 16.2. The molecule has 140 valence electrons. The fourth-order valence-electron chi connectivity index (χ4n) is 2.57. The molecule has 0 saturated heterocycles. The van der Waals surface area contributed by atoms with Crippen LogP contribution in [0.25, 0.3) is 0 Å². The third-order valence-corrected chi connectivity index (χ3v) is 4.20. The Balaban J connectivity index is 1.76. The summed E-state index contributed by atoms with van der Waals surface area (Å²) in [5, 5.41) is 11.4. The number of hydrogen-bond acceptors (Lipinski definition) is 5. The van der Waals surface area contributed by atoms with Crippen LogP contribution in [0.5, 0.6) is 11.5 Å². The Morgan fingerprint density at radius 1 is 1.19 bits per heavy atom. The molecule has 0 atom stereocenters. The van der Waals surface area contributed by atoms with Gasteiger partial charge < -0.3 is 9.47 Å². The van der Waals surface area contributed by atoms with Crippen LogP contribution in [0.4, 0.5) is 0 Å². The molecule has 0 saturated carbocycles. The summed E-state index contributed by atoms with van der Waals surface area (Å²) in [6.45, 7) is 2.57. The van der Waals surface area contributed by atoms with E-state index in [1.54, 1.807) is 18.0 Å². The van der Waals surface area contributed by atoms with E-state index < -0.39 is 0 Å². The Morgan fingerprint density at radius 2 is 2.00 bits per heavy atom. The molecular weight excluding hydrogens is 360 g/mol. The molecule has 1 heterocycles. The number of benzene rings is 2. The van der Waals surface area contributed by atoms with E-state index in [1.165, 1.54) is 0 Å². The number of methoxy groups -OCH3 is 1. The number of aromatic nitrogens is 3. The van der Waals surface area contributed by atoms with Gasteiger partial charge in [-0.2, -0.15) is 14.9 Å². The number of hydrogen-bond donors (Lipinski definition) is 1. The average Bonchev–Trinajstić information content (AvgIpc) is 3.05. The SMILES string of the molecule is CCCc1n[nH]c(=S)n1/N=C\c1ccc(OCc2ccccc2)c(OC)c1. The van der Waals surface area contributed by atoms with Gasteiger partial charge in [-0.25, -0.2) is 0 Å². The third-order valence-electron chi connectivity index (χ3n) is 3.94. The number of nitrogens with one attached hydrogen (secondary N) is 1. The normalized spacial score (nSPS) is 11.0. The first kappa shape index (κ1) is 18.8. The van der Waals surface area contributed by atoms with Crippen LogP contribution in [0.3, 0.4) is 0 Å². The number of aromatic amines is 1. The minimum Gasteiger partial charge on any atom is -0.493 e. The Kier molecular flexibility index (Phi) is 6.38. The molecule has 0 radical (unpaired) electrons. The summed E-state index contributed by atoms with van der Waals surface area (Å²) in [4.78, 5) is 0. The van der Waals surface area contributed by atoms with Crippen molar-refractivity contribution in [3.63, 3.8) is 0 Å². The topological polar surface area (TPSA) is 64.4 Å². The summed E-state index contributed by atoms with van der Waals surface area (Å²) in [6, 6.07) is 15.7. The largest absolute Gasteiger partial charge is 0.493 e. The summed E-state index contributed by atoms with van der Waals surface area (Å²) in [7, 11) is 1.62. The number of aryl methyl sites for hydroxylation is 1. The molecule has 0 aliphatic heterocycles. The van der Waals surface area contributed by atoms with Crippen molar-refractivity contribution in [1.82, 2.24) is 14.9 Å². The molecule has 2 aromatic carbocycles. The van der Waals surface area contributed by atoms with E-state index in [0.29, 0.717) is 22.9 Å². The molecule has 7 heteroatoms. The number of H-pyrrole nitrogens is 1. The summed E-state index contributed by atoms with van der Waals surface area (Å²) >= 11 is 5.24. The van der Waals surface area contributed by atoms with Gasteiger partial charge in [-0.05, 0) is 48.0 Å². The van der Waals surface area contributed by atoms with Crippen molar-refractivity contribution >= 4 is 18.4 Å². The molecule has 27 heavy (non-hydrogen) atoms. The highest BCUT2D eigenvalue weighted by Crippen LogP contribution is 2.28. The van der Waals surface area contributed by atoms with Gasteiger partial charge in [0.1, 0.15) is 6.61 Å². The van der Waals surface area contributed by atoms with Crippen LogP contribution in [-0.4, -0.2) is 28.2 Å². The summed E-state index contributed by atoms with van der Waals surface area (Å²) < 4.78 is 13.5. The van der Waals surface area contributed by atoms with E-state index in [0.717, 1.165) is 29.8 Å². The van der Waals surface area contributed by atoms with Crippen molar-refractivity contribution in [1.29, 1.82) is 0 Å². The highest BCUT2D eigenvalue weighted by Gasteiger charge is 2.07. The van der Waals surface area contributed by atoms with Gasteiger partial charge in [0, 0.05) is 6.42 Å². The van der Waals surface area contributed by atoms with E-state index >= 15 is 0 Å². The number of rotatable bonds is 8. The summed E-state index contributed by atoms with van der Waals surface area (Å²) in [5.74, 6) is 2.15. The standard InChI is InChI=1S/C20H22N4O2S/c1-3-7-19-22-23-20(27)24(19)21-13-16-10-11-17(18(12-16)25-2)26-14-15-8-5-4-6-9-15/h4-6,8-13H,3,7,14H2,1-2H3,(H,23,27)/b21-13-. The first-order valence-electron chi connectivity index (χ1n) is 8.76. The second-order valence-corrected chi connectivity index (χ2v) is 6.32. The van der Waals surface area contributed by atoms with Crippen LogP contribution in [0.15, 0.2) is 53.6 Å². The van der Waals surface area contributed by atoms with Gasteiger partial charge in [-0.3, -0.25) is 5.10 Å². The maximum Gasteiger partial charge on any atom is 0.216 e. The van der Waals surface area contributed by atoms with Crippen molar-refractivity contribution in [2.24, 2.45) is 5.10 Å². The van der Waals surface area contributed by atoms with Crippen molar-refractivity contribution in [2.45, 2.75) is 26.4 Å². The zero-order chi connectivity index (χ0) is 19.1. The van der Waals surface area contributed by atoms with Gasteiger partial charge in [0.15, 0.2) is 17.3 Å². The van der Waals surface area contributed by atoms with Crippen LogP contribution in [-0.2, 0) is 13.0 Å². The molecule has 3 rings (SSSR count). The fourth-order valence-corrected chi connectivity index (χ4v) is 2.77. The molecule has 0 aliphatic carbocycles. The molecule has 3 aromatic rings. The minimum atomic E-state index is 0.476. The molecular formula is C20H22N4O2S. The molecule has 0 bridgehead atoms. The van der Waals surface area contributed by atoms with E-state index in [-0.39, 0.29) is 0 Å². The Morgan fingerprint density at radius 3 is 2.74 bits per heavy atom. The molecule has 1 aromatic heterocycles. The molecule has 6 nitrogen and oxygen atoms in total. The second-order valence-electron chi connectivity index (χ2n) is 5.94. The number of nitrogens with zero attached hydrogens (tertiary/aromatic N) is 3. The van der Waals surface area contributed by atoms with E-state index in [9.17, 15) is 0 Å². The van der Waals surface area contributed by atoms with Crippen LogP contribution in [0, 0.1) is 4.77 Å². The van der Waals surface area contributed by atoms with E-state index in [1.807, 2.05) is 48.5 Å². The highest BCUT2D eigenvalue weighted by atomic mass is 32.1. The van der Waals surface area contributed by atoms with Crippen molar-refractivity contribution < 1.29 is 9.47 Å². The van der Waals surface area contributed by atoms with E-state index in [2.05, 4.69) is 22.2 Å². The smallest absolute Gasteiger partial charge is 0.216 e. The quantitative estimate of drug-likeness (QED) is 0.464. The lowest BCUT2D eigenvalue weighted by Gasteiger charge is -2.11. The number of ether oxygens (including phenoxy) is 2. The molecule has 0 fully saturated rings. The molecule has 1 N–H and O–H groups in total. The fraction of sp³-hybridized carbons (Fsp3) is 0.250. The van der Waals surface area contributed by atoms with Crippen LogP contribution in [0.2, 0.25) is 0 Å². The summed E-state index contributed by atoms with van der Waals surface area (Å²) in [6.07, 6.45) is 3.50.